The first-order chi connectivity index (χ1) is 20.6. The largest absolute Gasteiger partial charge is 0.488 e. The van der Waals surface area contributed by atoms with Crippen molar-refractivity contribution in [3.05, 3.63) is 137 Å². The maximum atomic E-state index is 12.7. The third kappa shape index (κ3) is 6.97. The summed E-state index contributed by atoms with van der Waals surface area (Å²) in [5.41, 5.74) is 4.48. The van der Waals surface area contributed by atoms with Gasteiger partial charge in [-0.15, -0.1) is 0 Å². The third-order valence-corrected chi connectivity index (χ3v) is 6.92. The Balaban J connectivity index is 1.69. The van der Waals surface area contributed by atoms with Crippen LogP contribution in [0.5, 0.6) is 11.5 Å². The molecule has 1 N–H and O–H groups in total. The number of carboxylic acids is 1. The molecule has 0 atom stereocenters. The smallest absolute Gasteiger partial charge is 0.354 e. The van der Waals surface area contributed by atoms with E-state index >= 15 is 0 Å². The Morgan fingerprint density at radius 1 is 0.762 bits per heavy atom. The topological polar surface area (TPSA) is 68.7 Å². The predicted molar refractivity (Wildman–Crippen MR) is 166 cm³/mol. The summed E-state index contributed by atoms with van der Waals surface area (Å²) < 4.78 is 12.9. The number of rotatable bonds is 11. The first-order valence-corrected chi connectivity index (χ1v) is 14.2. The summed E-state index contributed by atoms with van der Waals surface area (Å²) in [6.07, 6.45) is 3.18. The number of aromatic nitrogens is 1. The van der Waals surface area contributed by atoms with Crippen LogP contribution in [0, 0.1) is 11.8 Å². The molecule has 0 saturated heterocycles. The van der Waals surface area contributed by atoms with Gasteiger partial charge in [-0.1, -0.05) is 116 Å². The van der Waals surface area contributed by atoms with Crippen LogP contribution in [0.25, 0.3) is 10.9 Å². The van der Waals surface area contributed by atoms with Gasteiger partial charge in [-0.2, -0.15) is 0 Å². The van der Waals surface area contributed by atoms with E-state index in [9.17, 15) is 9.90 Å². The van der Waals surface area contributed by atoms with E-state index in [0.29, 0.717) is 46.6 Å². The number of pyridine rings is 1. The van der Waals surface area contributed by atoms with Crippen molar-refractivity contribution >= 4 is 16.9 Å². The van der Waals surface area contributed by atoms with Gasteiger partial charge in [0, 0.05) is 23.8 Å². The number of hydrogen-bond donors (Lipinski definition) is 1. The van der Waals surface area contributed by atoms with Crippen molar-refractivity contribution in [2.75, 3.05) is 0 Å². The molecule has 0 radical (unpaired) electrons. The first kappa shape index (κ1) is 28.4. The summed E-state index contributed by atoms with van der Waals surface area (Å²) in [5.74, 6) is 6.32. The lowest BCUT2D eigenvalue weighted by Crippen LogP contribution is -2.11. The molecule has 5 heteroatoms. The van der Waals surface area contributed by atoms with Gasteiger partial charge in [0.2, 0.25) is 0 Å². The average Bonchev–Trinajstić information content (AvgIpc) is 3.03. The fourth-order valence-electron chi connectivity index (χ4n) is 4.75. The summed E-state index contributed by atoms with van der Waals surface area (Å²) in [6, 6.07) is 33.3. The Morgan fingerprint density at radius 3 is 1.90 bits per heavy atom. The number of nitrogens with zero attached hydrogens (tertiary/aromatic N) is 1. The van der Waals surface area contributed by atoms with Crippen LogP contribution in [0.2, 0.25) is 0 Å². The van der Waals surface area contributed by atoms with Gasteiger partial charge in [-0.25, -0.2) is 9.78 Å². The highest BCUT2D eigenvalue weighted by Gasteiger charge is 2.24. The van der Waals surface area contributed by atoms with E-state index in [1.54, 1.807) is 0 Å². The monoisotopic (exact) mass is 555 g/mol. The van der Waals surface area contributed by atoms with Crippen molar-refractivity contribution in [2.45, 2.75) is 45.8 Å². The Kier molecular flexibility index (Phi) is 9.49. The van der Waals surface area contributed by atoms with Crippen LogP contribution in [0.3, 0.4) is 0 Å². The van der Waals surface area contributed by atoms with E-state index < -0.39 is 5.97 Å². The van der Waals surface area contributed by atoms with Crippen LogP contribution in [0.1, 0.15) is 64.5 Å². The number of hydrogen-bond acceptors (Lipinski definition) is 4. The minimum absolute atomic E-state index is 0.0601. The van der Waals surface area contributed by atoms with Crippen LogP contribution in [-0.2, 0) is 19.6 Å². The average molecular weight is 556 g/mol. The van der Waals surface area contributed by atoms with Crippen LogP contribution in [-0.4, -0.2) is 16.1 Å². The molecule has 5 aromatic rings. The summed E-state index contributed by atoms with van der Waals surface area (Å²) in [7, 11) is 0. The molecule has 210 valence electrons. The van der Waals surface area contributed by atoms with Crippen LogP contribution < -0.4 is 9.47 Å². The molecule has 0 aliphatic heterocycles. The number of carboxylic acid groups (broad SMARTS) is 1. The Hall–Kier alpha value is -5.08. The molecule has 1 aromatic heterocycles. The highest BCUT2D eigenvalue weighted by molar-refractivity contribution is 5.99. The summed E-state index contributed by atoms with van der Waals surface area (Å²) >= 11 is 0. The summed E-state index contributed by atoms with van der Waals surface area (Å²) in [6.45, 7) is 2.70. The molecule has 4 aromatic carbocycles. The van der Waals surface area contributed by atoms with E-state index in [4.69, 9.17) is 14.5 Å². The maximum absolute atomic E-state index is 12.7. The lowest BCUT2D eigenvalue weighted by Gasteiger charge is -2.19. The summed E-state index contributed by atoms with van der Waals surface area (Å²) in [4.78, 5) is 17.4. The molecule has 0 amide bonds. The number of fused-ring (bicyclic) bond motifs is 1. The number of benzene rings is 4. The van der Waals surface area contributed by atoms with Gasteiger partial charge in [-0.3, -0.25) is 0 Å². The number of ether oxygens (including phenoxy) is 2. The van der Waals surface area contributed by atoms with Crippen molar-refractivity contribution in [3.63, 3.8) is 0 Å². The fourth-order valence-corrected chi connectivity index (χ4v) is 4.75. The second kappa shape index (κ2) is 14.0. The van der Waals surface area contributed by atoms with E-state index in [1.807, 2.05) is 103 Å². The van der Waals surface area contributed by atoms with Gasteiger partial charge >= 0.3 is 5.97 Å². The predicted octanol–water partition coefficient (Wildman–Crippen LogP) is 8.22. The zero-order valence-electron chi connectivity index (χ0n) is 23.7. The zero-order valence-corrected chi connectivity index (χ0v) is 23.7. The highest BCUT2D eigenvalue weighted by atomic mass is 16.5. The molecule has 0 unspecified atom stereocenters. The molecule has 0 bridgehead atoms. The third-order valence-electron chi connectivity index (χ3n) is 6.92. The Morgan fingerprint density at radius 2 is 1.33 bits per heavy atom. The maximum Gasteiger partial charge on any atom is 0.354 e. The molecule has 0 fully saturated rings. The molecule has 0 spiro atoms. The SMILES string of the molecule is CCCCC#Cc1ccc2c(OCc3ccccc3)c(Cc3ccccc3)c(C(=O)O)nc2c1OCc1ccccc1. The van der Waals surface area contributed by atoms with Crippen molar-refractivity contribution in [1.82, 2.24) is 4.98 Å². The lowest BCUT2D eigenvalue weighted by atomic mass is 9.98. The van der Waals surface area contributed by atoms with E-state index in [-0.39, 0.29) is 12.3 Å². The van der Waals surface area contributed by atoms with Crippen LogP contribution >= 0.6 is 0 Å². The molecule has 1 heterocycles. The van der Waals surface area contributed by atoms with Crippen molar-refractivity contribution < 1.29 is 19.4 Å². The molecule has 0 saturated carbocycles. The van der Waals surface area contributed by atoms with Crippen molar-refractivity contribution in [2.24, 2.45) is 0 Å². The summed E-state index contributed by atoms with van der Waals surface area (Å²) in [5, 5.41) is 11.1. The zero-order chi connectivity index (χ0) is 29.1. The standard InChI is InChI=1S/C37H33NO4/c1-2-3-4-14-21-30-22-23-31-33(35(30)41-25-28-17-10-6-11-18-28)38-34(37(39)40)32(24-27-15-8-5-9-16-27)36(31)42-26-29-19-12-7-13-20-29/h5-13,15-20,22-23H,2-4,24-26H2,1H3,(H,39,40). The molecular weight excluding hydrogens is 522 g/mol. The second-order valence-corrected chi connectivity index (χ2v) is 10.0. The number of aromatic carboxylic acids is 1. The van der Waals surface area contributed by atoms with Gasteiger partial charge in [0.1, 0.15) is 24.5 Å². The van der Waals surface area contributed by atoms with Crippen LogP contribution in [0.4, 0.5) is 0 Å². The number of unbranched alkanes of at least 4 members (excludes halogenated alkanes) is 2. The molecule has 5 nitrogen and oxygen atoms in total. The minimum Gasteiger partial charge on any atom is -0.488 e. The fraction of sp³-hybridized carbons (Fsp3) is 0.189. The Labute approximate surface area is 246 Å². The minimum atomic E-state index is -1.12. The highest BCUT2D eigenvalue weighted by Crippen LogP contribution is 2.39. The molecule has 0 aliphatic carbocycles. The molecule has 42 heavy (non-hydrogen) atoms. The van der Waals surface area contributed by atoms with Gasteiger partial charge < -0.3 is 14.6 Å². The second-order valence-electron chi connectivity index (χ2n) is 10.0. The molecule has 0 aliphatic rings. The molecule has 5 rings (SSSR count). The van der Waals surface area contributed by atoms with E-state index in [0.717, 1.165) is 36.0 Å². The van der Waals surface area contributed by atoms with Crippen molar-refractivity contribution in [1.29, 1.82) is 0 Å². The van der Waals surface area contributed by atoms with Gasteiger partial charge in [0.25, 0.3) is 0 Å². The van der Waals surface area contributed by atoms with Crippen LogP contribution in [0.15, 0.2) is 103 Å². The quantitative estimate of drug-likeness (QED) is 0.131. The van der Waals surface area contributed by atoms with Gasteiger partial charge in [-0.05, 0) is 35.2 Å². The van der Waals surface area contributed by atoms with E-state index in [1.165, 1.54) is 0 Å². The van der Waals surface area contributed by atoms with Crippen molar-refractivity contribution in [3.8, 4) is 23.3 Å². The van der Waals surface area contributed by atoms with Gasteiger partial charge in [0.05, 0.1) is 5.56 Å². The normalized spacial score (nSPS) is 10.6. The molecular formula is C37H33NO4. The number of carbonyl (C=O) groups is 1. The van der Waals surface area contributed by atoms with E-state index in [2.05, 4.69) is 18.8 Å². The first-order valence-electron chi connectivity index (χ1n) is 14.2. The Bertz CT molecular complexity index is 1710. The van der Waals surface area contributed by atoms with Gasteiger partial charge in [0.15, 0.2) is 11.4 Å². The lowest BCUT2D eigenvalue weighted by molar-refractivity contribution is 0.0689.